The van der Waals surface area contributed by atoms with Gasteiger partial charge >= 0.3 is 6.09 Å². The summed E-state index contributed by atoms with van der Waals surface area (Å²) < 4.78 is 5.46. The van der Waals surface area contributed by atoms with E-state index in [2.05, 4.69) is 22.2 Å². The lowest BCUT2D eigenvalue weighted by Gasteiger charge is -2.33. The van der Waals surface area contributed by atoms with Crippen LogP contribution in [0, 0.1) is 5.92 Å². The number of rotatable bonds is 5. The highest BCUT2D eigenvalue weighted by molar-refractivity contribution is 14.0. The summed E-state index contributed by atoms with van der Waals surface area (Å²) in [5.74, 6) is 1.16. The third-order valence-corrected chi connectivity index (χ3v) is 3.44. The van der Waals surface area contributed by atoms with Gasteiger partial charge in [-0.2, -0.15) is 0 Å². The molecule has 1 saturated heterocycles. The summed E-state index contributed by atoms with van der Waals surface area (Å²) in [6.07, 6.45) is 3.67. The predicted octanol–water partition coefficient (Wildman–Crippen LogP) is 2.99. The van der Waals surface area contributed by atoms with Gasteiger partial charge in [0.15, 0.2) is 5.96 Å². The van der Waals surface area contributed by atoms with E-state index in [1.807, 2.05) is 27.7 Å². The third kappa shape index (κ3) is 9.34. The number of nitrogens with zero attached hydrogens (tertiary/aromatic N) is 2. The van der Waals surface area contributed by atoms with Gasteiger partial charge in [0.05, 0.1) is 0 Å². The highest BCUT2D eigenvalue weighted by Crippen LogP contribution is 2.19. The molecule has 1 fully saturated rings. The number of amides is 1. The Morgan fingerprint density at radius 3 is 2.71 bits per heavy atom. The molecule has 6 nitrogen and oxygen atoms in total. The van der Waals surface area contributed by atoms with Crippen LogP contribution in [0.1, 0.15) is 40.5 Å². The van der Waals surface area contributed by atoms with E-state index in [-0.39, 0.29) is 30.1 Å². The van der Waals surface area contributed by atoms with Crippen molar-refractivity contribution in [1.82, 2.24) is 15.5 Å². The molecule has 0 aromatic rings. The summed E-state index contributed by atoms with van der Waals surface area (Å²) in [5, 5.41) is 6.40. The maximum atomic E-state index is 12.2. The second-order valence-corrected chi connectivity index (χ2v) is 6.82. The molecule has 7 heteroatoms. The number of halogens is 1. The quantitative estimate of drug-likeness (QED) is 0.291. The molecule has 1 amide bonds. The predicted molar refractivity (Wildman–Crippen MR) is 110 cm³/mol. The van der Waals surface area contributed by atoms with Crippen LogP contribution in [0.2, 0.25) is 0 Å². The molecule has 0 aromatic carbocycles. The summed E-state index contributed by atoms with van der Waals surface area (Å²) in [4.78, 5) is 18.6. The van der Waals surface area contributed by atoms with E-state index in [9.17, 15) is 4.79 Å². The van der Waals surface area contributed by atoms with E-state index >= 15 is 0 Å². The van der Waals surface area contributed by atoms with E-state index in [1.54, 1.807) is 11.0 Å². The number of likely N-dealkylation sites (tertiary alicyclic amines) is 1. The van der Waals surface area contributed by atoms with E-state index in [0.717, 1.165) is 31.9 Å². The number of nitrogens with one attached hydrogen (secondary N) is 2. The standard InChI is InChI=1S/C17H32N4O2.HI/c1-6-10-19-15(18-7-2)20-12-14-9-8-11-21(13-14)16(22)23-17(3,4)5;/h6,14H,1,7-13H2,2-5H3,(H2,18,19,20);1H. The van der Waals surface area contributed by atoms with Gasteiger partial charge in [-0.15, -0.1) is 30.6 Å². The van der Waals surface area contributed by atoms with Crippen LogP contribution >= 0.6 is 24.0 Å². The van der Waals surface area contributed by atoms with Crippen LogP contribution in [0.5, 0.6) is 0 Å². The zero-order valence-corrected chi connectivity index (χ0v) is 17.8. The van der Waals surface area contributed by atoms with E-state index in [1.165, 1.54) is 0 Å². The molecule has 1 heterocycles. The van der Waals surface area contributed by atoms with Crippen molar-refractivity contribution in [1.29, 1.82) is 0 Å². The van der Waals surface area contributed by atoms with Crippen LogP contribution < -0.4 is 10.6 Å². The van der Waals surface area contributed by atoms with Gasteiger partial charge in [-0.05, 0) is 46.5 Å². The molecule has 0 aliphatic carbocycles. The van der Waals surface area contributed by atoms with Crippen LogP contribution in [0.4, 0.5) is 4.79 Å². The Morgan fingerprint density at radius 1 is 1.42 bits per heavy atom. The van der Waals surface area contributed by atoms with Crippen molar-refractivity contribution in [2.24, 2.45) is 10.9 Å². The molecular formula is C17H33IN4O2. The number of carbonyl (C=O) groups excluding carboxylic acids is 1. The molecule has 140 valence electrons. The Labute approximate surface area is 163 Å². The van der Waals surface area contributed by atoms with Crippen molar-refractivity contribution in [3.8, 4) is 0 Å². The first kappa shape index (κ1) is 23.0. The second-order valence-electron chi connectivity index (χ2n) is 6.82. The minimum atomic E-state index is -0.449. The second kappa shape index (κ2) is 11.5. The Balaban J connectivity index is 0.00000529. The summed E-state index contributed by atoms with van der Waals surface area (Å²) in [6, 6.07) is 0. The van der Waals surface area contributed by atoms with Crippen molar-refractivity contribution in [2.45, 2.75) is 46.1 Å². The molecular weight excluding hydrogens is 419 g/mol. The monoisotopic (exact) mass is 452 g/mol. The minimum absolute atomic E-state index is 0. The summed E-state index contributed by atoms with van der Waals surface area (Å²) in [6.45, 7) is 15.1. The number of piperidine rings is 1. The largest absolute Gasteiger partial charge is 0.444 e. The smallest absolute Gasteiger partial charge is 0.410 e. The van der Waals surface area contributed by atoms with Crippen molar-refractivity contribution in [2.75, 3.05) is 32.7 Å². The van der Waals surface area contributed by atoms with Gasteiger partial charge in [-0.3, -0.25) is 4.99 Å². The first-order valence-corrected chi connectivity index (χ1v) is 8.46. The van der Waals surface area contributed by atoms with Gasteiger partial charge in [0.2, 0.25) is 0 Å². The van der Waals surface area contributed by atoms with Crippen molar-refractivity contribution < 1.29 is 9.53 Å². The molecule has 1 aliphatic rings. The minimum Gasteiger partial charge on any atom is -0.444 e. The molecule has 0 radical (unpaired) electrons. The average Bonchev–Trinajstić information content (AvgIpc) is 2.48. The van der Waals surface area contributed by atoms with Gasteiger partial charge in [-0.25, -0.2) is 4.79 Å². The fraction of sp³-hybridized carbons (Fsp3) is 0.765. The van der Waals surface area contributed by atoms with Crippen LogP contribution in [-0.4, -0.2) is 55.3 Å². The molecule has 0 spiro atoms. The Hall–Kier alpha value is -0.990. The lowest BCUT2D eigenvalue weighted by molar-refractivity contribution is 0.0170. The van der Waals surface area contributed by atoms with Gasteiger partial charge in [0.1, 0.15) is 5.60 Å². The van der Waals surface area contributed by atoms with E-state index in [0.29, 0.717) is 25.6 Å². The Bertz CT molecular complexity index is 421. The van der Waals surface area contributed by atoms with Crippen molar-refractivity contribution in [3.05, 3.63) is 12.7 Å². The number of hydrogen-bond donors (Lipinski definition) is 2. The molecule has 0 bridgehead atoms. The van der Waals surface area contributed by atoms with Crippen LogP contribution in [0.15, 0.2) is 17.6 Å². The summed E-state index contributed by atoms with van der Waals surface area (Å²) in [7, 11) is 0. The lowest BCUT2D eigenvalue weighted by Crippen LogP contribution is -2.44. The highest BCUT2D eigenvalue weighted by Gasteiger charge is 2.27. The Kier molecular flexibility index (Phi) is 11.1. The van der Waals surface area contributed by atoms with Gasteiger partial charge in [0, 0.05) is 32.7 Å². The average molecular weight is 452 g/mol. The fourth-order valence-corrected chi connectivity index (χ4v) is 2.44. The van der Waals surface area contributed by atoms with Crippen molar-refractivity contribution >= 4 is 36.0 Å². The van der Waals surface area contributed by atoms with Gasteiger partial charge in [-0.1, -0.05) is 6.08 Å². The Morgan fingerprint density at radius 2 is 2.12 bits per heavy atom. The fourth-order valence-electron chi connectivity index (χ4n) is 2.44. The normalized spacial score (nSPS) is 18.4. The molecule has 1 atom stereocenters. The highest BCUT2D eigenvalue weighted by atomic mass is 127. The number of aliphatic imine (C=N–C) groups is 1. The van der Waals surface area contributed by atoms with Crippen LogP contribution in [0.3, 0.4) is 0 Å². The van der Waals surface area contributed by atoms with Crippen LogP contribution in [0.25, 0.3) is 0 Å². The van der Waals surface area contributed by atoms with Crippen LogP contribution in [-0.2, 0) is 4.74 Å². The molecule has 24 heavy (non-hydrogen) atoms. The maximum Gasteiger partial charge on any atom is 0.410 e. The third-order valence-electron chi connectivity index (χ3n) is 3.44. The topological polar surface area (TPSA) is 66.0 Å². The zero-order chi connectivity index (χ0) is 17.3. The molecule has 1 aliphatic heterocycles. The van der Waals surface area contributed by atoms with Gasteiger partial charge in [0.25, 0.3) is 0 Å². The number of ether oxygens (including phenoxy) is 1. The van der Waals surface area contributed by atoms with Gasteiger partial charge < -0.3 is 20.3 Å². The first-order valence-electron chi connectivity index (χ1n) is 8.46. The van der Waals surface area contributed by atoms with Crippen molar-refractivity contribution in [3.63, 3.8) is 0 Å². The number of hydrogen-bond acceptors (Lipinski definition) is 3. The van der Waals surface area contributed by atoms with E-state index < -0.39 is 5.60 Å². The molecule has 0 aromatic heterocycles. The molecule has 1 rings (SSSR count). The van der Waals surface area contributed by atoms with E-state index in [4.69, 9.17) is 4.74 Å². The molecule has 1 unspecified atom stereocenters. The lowest BCUT2D eigenvalue weighted by atomic mass is 9.98. The summed E-state index contributed by atoms with van der Waals surface area (Å²) in [5.41, 5.74) is -0.449. The summed E-state index contributed by atoms with van der Waals surface area (Å²) >= 11 is 0. The number of guanidine groups is 1. The first-order chi connectivity index (χ1) is 10.9. The maximum absolute atomic E-state index is 12.2. The number of carbonyl (C=O) groups is 1. The molecule has 0 saturated carbocycles. The molecule has 2 N–H and O–H groups in total. The SMILES string of the molecule is C=CCNC(=NCC1CCCN(C(=O)OC(C)(C)C)C1)NCC.I. The zero-order valence-electron chi connectivity index (χ0n) is 15.4.